The van der Waals surface area contributed by atoms with E-state index in [0.29, 0.717) is 30.9 Å². The molecule has 7 heteroatoms. The SMILES string of the molecule is COCCNCc1cc(F)ccc1N1CC(=O)NC(=O)C1. The molecule has 21 heavy (non-hydrogen) atoms. The first kappa shape index (κ1) is 15.4. The van der Waals surface area contributed by atoms with Crippen molar-refractivity contribution in [1.82, 2.24) is 10.6 Å². The molecule has 1 fully saturated rings. The molecule has 114 valence electrons. The second-order valence-corrected chi connectivity index (χ2v) is 4.77. The summed E-state index contributed by atoms with van der Waals surface area (Å²) in [4.78, 5) is 24.6. The highest BCUT2D eigenvalue weighted by Crippen LogP contribution is 2.22. The highest BCUT2D eigenvalue weighted by molar-refractivity contribution is 6.02. The second-order valence-electron chi connectivity index (χ2n) is 4.77. The molecule has 0 radical (unpaired) electrons. The van der Waals surface area contributed by atoms with Gasteiger partial charge in [-0.1, -0.05) is 0 Å². The summed E-state index contributed by atoms with van der Waals surface area (Å²) in [5.41, 5.74) is 1.39. The summed E-state index contributed by atoms with van der Waals surface area (Å²) >= 11 is 0. The maximum absolute atomic E-state index is 13.4. The van der Waals surface area contributed by atoms with Gasteiger partial charge < -0.3 is 15.0 Å². The van der Waals surface area contributed by atoms with Gasteiger partial charge >= 0.3 is 0 Å². The predicted octanol–water partition coefficient (Wildman–Crippen LogP) is 0.0245. The first-order chi connectivity index (χ1) is 10.1. The highest BCUT2D eigenvalue weighted by atomic mass is 19.1. The number of benzene rings is 1. The number of ether oxygens (including phenoxy) is 1. The van der Waals surface area contributed by atoms with E-state index in [1.165, 1.54) is 12.1 Å². The van der Waals surface area contributed by atoms with Crippen LogP contribution in [0.15, 0.2) is 18.2 Å². The largest absolute Gasteiger partial charge is 0.383 e. The van der Waals surface area contributed by atoms with Gasteiger partial charge in [-0.05, 0) is 23.8 Å². The summed E-state index contributed by atoms with van der Waals surface area (Å²) in [5, 5.41) is 5.37. The summed E-state index contributed by atoms with van der Waals surface area (Å²) in [7, 11) is 1.60. The molecule has 0 aliphatic carbocycles. The molecule has 0 atom stereocenters. The molecule has 0 bridgehead atoms. The average molecular weight is 295 g/mol. The summed E-state index contributed by atoms with van der Waals surface area (Å²) in [6.45, 7) is 1.79. The number of nitrogens with zero attached hydrogens (tertiary/aromatic N) is 1. The number of anilines is 1. The number of carbonyl (C=O) groups excluding carboxylic acids is 2. The van der Waals surface area contributed by atoms with Crippen LogP contribution in [0.5, 0.6) is 0 Å². The van der Waals surface area contributed by atoms with Crippen LogP contribution in [0.25, 0.3) is 0 Å². The molecule has 1 aromatic carbocycles. The Bertz CT molecular complexity index is 520. The van der Waals surface area contributed by atoms with E-state index in [1.807, 2.05) is 0 Å². The number of carbonyl (C=O) groups is 2. The van der Waals surface area contributed by atoms with E-state index in [2.05, 4.69) is 10.6 Å². The molecule has 6 nitrogen and oxygen atoms in total. The van der Waals surface area contributed by atoms with E-state index >= 15 is 0 Å². The summed E-state index contributed by atoms with van der Waals surface area (Å²) < 4.78 is 18.4. The lowest BCUT2D eigenvalue weighted by atomic mass is 10.1. The number of nitrogens with one attached hydrogen (secondary N) is 2. The smallest absolute Gasteiger partial charge is 0.246 e. The fraction of sp³-hybridized carbons (Fsp3) is 0.429. The average Bonchev–Trinajstić information content (AvgIpc) is 2.42. The first-order valence-electron chi connectivity index (χ1n) is 6.66. The second kappa shape index (κ2) is 7.14. The van der Waals surface area contributed by atoms with E-state index in [-0.39, 0.29) is 30.7 Å². The van der Waals surface area contributed by atoms with Crippen LogP contribution < -0.4 is 15.5 Å². The van der Waals surface area contributed by atoms with Gasteiger partial charge in [0.05, 0.1) is 19.7 Å². The van der Waals surface area contributed by atoms with Crippen LogP contribution >= 0.6 is 0 Å². The monoisotopic (exact) mass is 295 g/mol. The van der Waals surface area contributed by atoms with Gasteiger partial charge in [0.15, 0.2) is 0 Å². The number of amides is 2. The van der Waals surface area contributed by atoms with Crippen LogP contribution in [-0.4, -0.2) is 45.2 Å². The van der Waals surface area contributed by atoms with Gasteiger partial charge in [0.25, 0.3) is 0 Å². The molecule has 1 heterocycles. The standard InChI is InChI=1S/C14H18FN3O3/c1-21-5-4-16-7-10-6-11(15)2-3-12(10)18-8-13(19)17-14(20)9-18/h2-3,6,16H,4-5,7-9H2,1H3,(H,17,19,20). The molecule has 2 rings (SSSR count). The van der Waals surface area contributed by atoms with Crippen molar-refractivity contribution in [3.8, 4) is 0 Å². The molecule has 0 spiro atoms. The molecule has 0 saturated carbocycles. The lowest BCUT2D eigenvalue weighted by molar-refractivity contribution is -0.130. The van der Waals surface area contributed by atoms with Crippen molar-refractivity contribution >= 4 is 17.5 Å². The van der Waals surface area contributed by atoms with Crippen LogP contribution in [-0.2, 0) is 20.9 Å². The molecule has 2 N–H and O–H groups in total. The Morgan fingerprint density at radius 1 is 1.33 bits per heavy atom. The lowest BCUT2D eigenvalue weighted by Gasteiger charge is -2.29. The zero-order valence-corrected chi connectivity index (χ0v) is 11.8. The topological polar surface area (TPSA) is 70.7 Å². The van der Waals surface area contributed by atoms with Crippen LogP contribution in [0.4, 0.5) is 10.1 Å². The fourth-order valence-electron chi connectivity index (χ4n) is 2.21. The number of hydrogen-bond donors (Lipinski definition) is 2. The van der Waals surface area contributed by atoms with Crippen molar-refractivity contribution < 1.29 is 18.7 Å². The third kappa shape index (κ3) is 4.24. The number of hydrogen-bond acceptors (Lipinski definition) is 5. The maximum atomic E-state index is 13.4. The molecule has 0 aromatic heterocycles. The van der Waals surface area contributed by atoms with Gasteiger partial charge in [0.2, 0.25) is 11.8 Å². The molecular formula is C14H18FN3O3. The predicted molar refractivity (Wildman–Crippen MR) is 75.3 cm³/mol. The maximum Gasteiger partial charge on any atom is 0.246 e. The number of piperazine rings is 1. The third-order valence-electron chi connectivity index (χ3n) is 3.13. The summed E-state index contributed by atoms with van der Waals surface area (Å²) in [6.07, 6.45) is 0. The van der Waals surface area contributed by atoms with E-state index in [4.69, 9.17) is 4.74 Å². The number of methoxy groups -OCH3 is 1. The van der Waals surface area contributed by atoms with E-state index in [1.54, 1.807) is 18.1 Å². The fourth-order valence-corrected chi connectivity index (χ4v) is 2.21. The van der Waals surface area contributed by atoms with Gasteiger partial charge in [-0.3, -0.25) is 14.9 Å². The van der Waals surface area contributed by atoms with E-state index in [9.17, 15) is 14.0 Å². The minimum absolute atomic E-state index is 0.0858. The van der Waals surface area contributed by atoms with Gasteiger partial charge in [-0.15, -0.1) is 0 Å². The van der Waals surface area contributed by atoms with Gasteiger partial charge in [0, 0.05) is 25.9 Å². The van der Waals surface area contributed by atoms with Crippen LogP contribution in [0, 0.1) is 5.82 Å². The minimum atomic E-state index is -0.353. The number of imide groups is 1. The van der Waals surface area contributed by atoms with Gasteiger partial charge in [-0.2, -0.15) is 0 Å². The number of rotatable bonds is 6. The Morgan fingerprint density at radius 2 is 2.05 bits per heavy atom. The lowest BCUT2D eigenvalue weighted by Crippen LogP contribution is -2.51. The van der Waals surface area contributed by atoms with E-state index in [0.717, 1.165) is 0 Å². The molecule has 1 aromatic rings. The Kier molecular flexibility index (Phi) is 5.24. The van der Waals surface area contributed by atoms with Crippen molar-refractivity contribution in [3.05, 3.63) is 29.6 Å². The van der Waals surface area contributed by atoms with E-state index < -0.39 is 0 Å². The normalized spacial score (nSPS) is 15.2. The quantitative estimate of drug-likeness (QED) is 0.572. The molecule has 1 aliphatic rings. The third-order valence-corrected chi connectivity index (χ3v) is 3.13. The van der Waals surface area contributed by atoms with Crippen molar-refractivity contribution in [2.45, 2.75) is 6.54 Å². The number of halogens is 1. The summed E-state index contributed by atoms with van der Waals surface area (Å²) in [6, 6.07) is 4.33. The van der Waals surface area contributed by atoms with Crippen LogP contribution in [0.3, 0.4) is 0 Å². The first-order valence-corrected chi connectivity index (χ1v) is 6.66. The Morgan fingerprint density at radius 3 is 2.71 bits per heavy atom. The Labute approximate surface area is 122 Å². The molecule has 1 aliphatic heterocycles. The Hall–Kier alpha value is -1.99. The van der Waals surface area contributed by atoms with Gasteiger partial charge in [0.1, 0.15) is 5.82 Å². The molecule has 0 unspecified atom stereocenters. The van der Waals surface area contributed by atoms with Crippen molar-refractivity contribution in [1.29, 1.82) is 0 Å². The van der Waals surface area contributed by atoms with Crippen molar-refractivity contribution in [2.75, 3.05) is 38.3 Å². The molecular weight excluding hydrogens is 277 g/mol. The molecule has 1 saturated heterocycles. The zero-order valence-electron chi connectivity index (χ0n) is 11.8. The zero-order chi connectivity index (χ0) is 15.2. The van der Waals surface area contributed by atoms with Crippen molar-refractivity contribution in [2.24, 2.45) is 0 Å². The molecule has 2 amide bonds. The summed E-state index contributed by atoms with van der Waals surface area (Å²) in [5.74, 6) is -1.06. The van der Waals surface area contributed by atoms with Gasteiger partial charge in [-0.25, -0.2) is 4.39 Å². The minimum Gasteiger partial charge on any atom is -0.383 e. The van der Waals surface area contributed by atoms with Crippen LogP contribution in [0.2, 0.25) is 0 Å². The van der Waals surface area contributed by atoms with Crippen LogP contribution in [0.1, 0.15) is 5.56 Å². The van der Waals surface area contributed by atoms with Crippen molar-refractivity contribution in [3.63, 3.8) is 0 Å². The Balaban J connectivity index is 2.13. The highest BCUT2D eigenvalue weighted by Gasteiger charge is 2.24.